The maximum Gasteiger partial charge on any atom is 0.123 e. The molecule has 0 radical (unpaired) electrons. The molecule has 1 fully saturated rings. The van der Waals surface area contributed by atoms with Crippen molar-refractivity contribution < 1.29 is 14.6 Å². The summed E-state index contributed by atoms with van der Waals surface area (Å²) in [4.78, 5) is 0. The van der Waals surface area contributed by atoms with Crippen molar-refractivity contribution in [3.05, 3.63) is 29.8 Å². The highest BCUT2D eigenvalue weighted by Crippen LogP contribution is 2.17. The predicted molar refractivity (Wildman–Crippen MR) is 60.4 cm³/mol. The molecule has 1 aliphatic heterocycles. The van der Waals surface area contributed by atoms with Crippen molar-refractivity contribution in [3.63, 3.8) is 0 Å². The van der Waals surface area contributed by atoms with Gasteiger partial charge < -0.3 is 19.9 Å². The molecular formula is C12H17NO3. The van der Waals surface area contributed by atoms with E-state index in [0.29, 0.717) is 19.8 Å². The Balaban J connectivity index is 1.93. The normalized spacial score (nSPS) is 24.6. The van der Waals surface area contributed by atoms with Crippen molar-refractivity contribution in [2.75, 3.05) is 20.3 Å². The van der Waals surface area contributed by atoms with Gasteiger partial charge in [-0.25, -0.2) is 0 Å². The third kappa shape index (κ3) is 2.52. The van der Waals surface area contributed by atoms with E-state index in [1.165, 1.54) is 0 Å². The highest BCUT2D eigenvalue weighted by atomic mass is 16.5. The molecule has 1 saturated heterocycles. The minimum atomic E-state index is -0.408. The van der Waals surface area contributed by atoms with Crippen molar-refractivity contribution in [2.45, 2.75) is 18.7 Å². The highest BCUT2D eigenvalue weighted by molar-refractivity contribution is 5.33. The number of aliphatic hydroxyl groups is 1. The van der Waals surface area contributed by atoms with E-state index >= 15 is 0 Å². The van der Waals surface area contributed by atoms with Gasteiger partial charge in [-0.1, -0.05) is 18.2 Å². The average molecular weight is 223 g/mol. The minimum absolute atomic E-state index is 0.0184. The lowest BCUT2D eigenvalue weighted by Crippen LogP contribution is -2.38. The lowest BCUT2D eigenvalue weighted by atomic mass is 10.1. The van der Waals surface area contributed by atoms with E-state index in [-0.39, 0.29) is 6.04 Å². The van der Waals surface area contributed by atoms with Crippen LogP contribution in [0.25, 0.3) is 0 Å². The van der Waals surface area contributed by atoms with Crippen molar-refractivity contribution in [1.82, 2.24) is 5.32 Å². The van der Waals surface area contributed by atoms with Gasteiger partial charge in [-0.05, 0) is 6.07 Å². The Morgan fingerprint density at radius 2 is 2.25 bits per heavy atom. The Kier molecular flexibility index (Phi) is 3.77. The van der Waals surface area contributed by atoms with E-state index in [1.807, 2.05) is 24.3 Å². The lowest BCUT2D eigenvalue weighted by Gasteiger charge is -2.15. The van der Waals surface area contributed by atoms with Gasteiger partial charge in [-0.2, -0.15) is 0 Å². The first kappa shape index (κ1) is 11.4. The first-order valence-electron chi connectivity index (χ1n) is 5.42. The number of aliphatic hydroxyl groups excluding tert-OH is 1. The van der Waals surface area contributed by atoms with Gasteiger partial charge in [0.05, 0.1) is 32.5 Å². The van der Waals surface area contributed by atoms with Crippen LogP contribution in [-0.2, 0) is 11.3 Å². The molecule has 88 valence electrons. The van der Waals surface area contributed by atoms with Gasteiger partial charge in [0.25, 0.3) is 0 Å². The van der Waals surface area contributed by atoms with Crippen LogP contribution in [0.3, 0.4) is 0 Å². The number of hydrogen-bond acceptors (Lipinski definition) is 4. The number of nitrogens with one attached hydrogen (secondary N) is 1. The molecule has 2 rings (SSSR count). The number of benzene rings is 1. The van der Waals surface area contributed by atoms with E-state index in [0.717, 1.165) is 11.3 Å². The van der Waals surface area contributed by atoms with Crippen molar-refractivity contribution in [3.8, 4) is 5.75 Å². The SMILES string of the molecule is COc1ccccc1CN[C@@H]1COC[C@H]1O. The quantitative estimate of drug-likeness (QED) is 0.782. The maximum absolute atomic E-state index is 9.57. The van der Waals surface area contributed by atoms with Crippen molar-refractivity contribution in [2.24, 2.45) is 0 Å². The maximum atomic E-state index is 9.57. The number of hydrogen-bond donors (Lipinski definition) is 2. The molecule has 2 atom stereocenters. The molecule has 0 amide bonds. The molecule has 0 bridgehead atoms. The molecule has 1 heterocycles. The van der Waals surface area contributed by atoms with Crippen LogP contribution in [0.4, 0.5) is 0 Å². The third-order valence-electron chi connectivity index (χ3n) is 2.80. The molecule has 1 aliphatic rings. The van der Waals surface area contributed by atoms with Crippen LogP contribution in [0.2, 0.25) is 0 Å². The molecule has 0 aliphatic carbocycles. The molecule has 4 heteroatoms. The molecule has 2 N–H and O–H groups in total. The van der Waals surface area contributed by atoms with Crippen molar-refractivity contribution >= 4 is 0 Å². The lowest BCUT2D eigenvalue weighted by molar-refractivity contribution is 0.122. The number of rotatable bonds is 4. The Labute approximate surface area is 95.2 Å². The monoisotopic (exact) mass is 223 g/mol. The average Bonchev–Trinajstić information content (AvgIpc) is 2.72. The second kappa shape index (κ2) is 5.30. The molecule has 1 aromatic rings. The Bertz CT molecular complexity index is 343. The fourth-order valence-corrected chi connectivity index (χ4v) is 1.83. The summed E-state index contributed by atoms with van der Waals surface area (Å²) < 4.78 is 10.4. The van der Waals surface area contributed by atoms with Gasteiger partial charge in [0.1, 0.15) is 5.75 Å². The van der Waals surface area contributed by atoms with Gasteiger partial charge in [-0.15, -0.1) is 0 Å². The summed E-state index contributed by atoms with van der Waals surface area (Å²) in [5.74, 6) is 0.864. The highest BCUT2D eigenvalue weighted by Gasteiger charge is 2.25. The zero-order valence-electron chi connectivity index (χ0n) is 9.35. The van der Waals surface area contributed by atoms with Crippen LogP contribution in [0.15, 0.2) is 24.3 Å². The second-order valence-electron chi connectivity index (χ2n) is 3.90. The van der Waals surface area contributed by atoms with E-state index in [1.54, 1.807) is 7.11 Å². The topological polar surface area (TPSA) is 50.7 Å². The van der Waals surface area contributed by atoms with Crippen LogP contribution >= 0.6 is 0 Å². The zero-order chi connectivity index (χ0) is 11.4. The first-order valence-corrected chi connectivity index (χ1v) is 5.42. The van der Waals surface area contributed by atoms with E-state index in [4.69, 9.17) is 9.47 Å². The third-order valence-corrected chi connectivity index (χ3v) is 2.80. The largest absolute Gasteiger partial charge is 0.496 e. The predicted octanol–water partition coefficient (Wildman–Crippen LogP) is 0.544. The Hall–Kier alpha value is -1.10. The van der Waals surface area contributed by atoms with Crippen LogP contribution in [0.1, 0.15) is 5.56 Å². The number of para-hydroxylation sites is 1. The standard InChI is InChI=1S/C12H17NO3/c1-15-12-5-3-2-4-9(12)6-13-10-7-16-8-11(10)14/h2-5,10-11,13-14H,6-8H2,1H3/t10-,11-/m1/s1. The van der Waals surface area contributed by atoms with Gasteiger partial charge in [0, 0.05) is 12.1 Å². The smallest absolute Gasteiger partial charge is 0.123 e. The minimum Gasteiger partial charge on any atom is -0.496 e. The molecular weight excluding hydrogens is 206 g/mol. The van der Waals surface area contributed by atoms with E-state index in [2.05, 4.69) is 5.32 Å². The fourth-order valence-electron chi connectivity index (χ4n) is 1.83. The molecule has 0 unspecified atom stereocenters. The fraction of sp³-hybridized carbons (Fsp3) is 0.500. The number of methoxy groups -OCH3 is 1. The van der Waals surface area contributed by atoms with Gasteiger partial charge in [0.2, 0.25) is 0 Å². The van der Waals surface area contributed by atoms with Gasteiger partial charge in [-0.3, -0.25) is 0 Å². The van der Waals surface area contributed by atoms with E-state index in [9.17, 15) is 5.11 Å². The second-order valence-corrected chi connectivity index (χ2v) is 3.90. The van der Waals surface area contributed by atoms with Crippen LogP contribution in [-0.4, -0.2) is 37.6 Å². The summed E-state index contributed by atoms with van der Waals surface area (Å²) in [5, 5.41) is 12.8. The van der Waals surface area contributed by atoms with Crippen LogP contribution < -0.4 is 10.1 Å². The molecule has 0 saturated carbocycles. The summed E-state index contributed by atoms with van der Waals surface area (Å²) in [6.07, 6.45) is -0.408. The molecule has 1 aromatic carbocycles. The summed E-state index contributed by atoms with van der Waals surface area (Å²) in [6, 6.07) is 7.87. The van der Waals surface area contributed by atoms with Crippen LogP contribution in [0.5, 0.6) is 5.75 Å². The number of ether oxygens (including phenoxy) is 2. The molecule has 16 heavy (non-hydrogen) atoms. The van der Waals surface area contributed by atoms with Crippen LogP contribution in [0, 0.1) is 0 Å². The molecule has 4 nitrogen and oxygen atoms in total. The molecule has 0 aromatic heterocycles. The summed E-state index contributed by atoms with van der Waals surface area (Å²) in [7, 11) is 1.66. The Morgan fingerprint density at radius 3 is 2.94 bits per heavy atom. The summed E-state index contributed by atoms with van der Waals surface area (Å²) in [5.41, 5.74) is 1.09. The zero-order valence-corrected chi connectivity index (χ0v) is 9.35. The summed E-state index contributed by atoms with van der Waals surface area (Å²) in [6.45, 7) is 1.66. The first-order chi connectivity index (χ1) is 7.81. The molecule has 0 spiro atoms. The van der Waals surface area contributed by atoms with Gasteiger partial charge >= 0.3 is 0 Å². The van der Waals surface area contributed by atoms with E-state index < -0.39 is 6.10 Å². The summed E-state index contributed by atoms with van der Waals surface area (Å²) >= 11 is 0. The Morgan fingerprint density at radius 1 is 1.44 bits per heavy atom. The van der Waals surface area contributed by atoms with Crippen molar-refractivity contribution in [1.29, 1.82) is 0 Å². The van der Waals surface area contributed by atoms with Gasteiger partial charge in [0.15, 0.2) is 0 Å².